The van der Waals surface area contributed by atoms with Gasteiger partial charge in [0.25, 0.3) is 0 Å². The van der Waals surface area contributed by atoms with Gasteiger partial charge in [-0.2, -0.15) is 0 Å². The first-order valence-corrected chi connectivity index (χ1v) is 12.2. The summed E-state index contributed by atoms with van der Waals surface area (Å²) in [4.78, 5) is 53.2. The van der Waals surface area contributed by atoms with Crippen molar-refractivity contribution >= 4 is 23.9 Å². The number of benzene rings is 1. The van der Waals surface area contributed by atoms with Crippen molar-refractivity contribution in [2.45, 2.75) is 85.0 Å². The Hall–Kier alpha value is -3.30. The van der Waals surface area contributed by atoms with Gasteiger partial charge in [0.05, 0.1) is 7.11 Å². The lowest BCUT2D eigenvalue weighted by molar-refractivity contribution is -0.147. The van der Waals surface area contributed by atoms with Gasteiger partial charge >= 0.3 is 12.1 Å². The number of alkyl carbamates (subject to hydrolysis) is 1. The van der Waals surface area contributed by atoms with Crippen molar-refractivity contribution in [2.24, 2.45) is 5.92 Å². The van der Waals surface area contributed by atoms with Crippen molar-refractivity contribution in [1.29, 1.82) is 0 Å². The number of hydrogen-bond donors (Lipinski definition) is 3. The molecule has 202 valence electrons. The zero-order valence-electron chi connectivity index (χ0n) is 22.6. The van der Waals surface area contributed by atoms with Crippen LogP contribution in [0, 0.1) is 5.92 Å². The highest BCUT2D eigenvalue weighted by molar-refractivity contribution is 5.93. The van der Waals surface area contributed by atoms with Gasteiger partial charge < -0.3 is 30.1 Å². The van der Waals surface area contributed by atoms with E-state index < -0.39 is 54.1 Å². The molecule has 1 aromatic carbocycles. The van der Waals surface area contributed by atoms with Crippen LogP contribution in [0.25, 0.3) is 0 Å². The van der Waals surface area contributed by atoms with Crippen LogP contribution >= 0.6 is 0 Å². The molecule has 4 unspecified atom stereocenters. The van der Waals surface area contributed by atoms with Crippen molar-refractivity contribution in [3.8, 4) is 5.75 Å². The molecule has 3 N–H and O–H groups in total. The third kappa shape index (κ3) is 9.05. The van der Waals surface area contributed by atoms with Crippen LogP contribution in [0.1, 0.15) is 72.9 Å². The highest BCUT2D eigenvalue weighted by atomic mass is 16.6. The van der Waals surface area contributed by atoms with Crippen LogP contribution in [0.4, 0.5) is 4.79 Å². The smallest absolute Gasteiger partial charge is 0.408 e. The zero-order valence-corrected chi connectivity index (χ0v) is 22.6. The second-order valence-corrected chi connectivity index (χ2v) is 9.80. The van der Waals surface area contributed by atoms with Crippen LogP contribution in [-0.4, -0.2) is 65.2 Å². The molecule has 0 aliphatic carbocycles. The number of ether oxygens (including phenoxy) is 2. The minimum Gasteiger partial charge on any atom is -0.508 e. The maximum absolute atomic E-state index is 14.1. The quantitative estimate of drug-likeness (QED) is 0.391. The molecule has 0 bridgehead atoms. The van der Waals surface area contributed by atoms with Gasteiger partial charge in [-0.3, -0.25) is 14.4 Å². The fraction of sp³-hybridized carbons (Fsp3) is 0.615. The fourth-order valence-corrected chi connectivity index (χ4v) is 3.54. The lowest BCUT2D eigenvalue weighted by Crippen LogP contribution is -2.57. The maximum atomic E-state index is 14.1. The van der Waals surface area contributed by atoms with Gasteiger partial charge in [-0.05, 0) is 57.7 Å². The maximum Gasteiger partial charge on any atom is 0.408 e. The number of amides is 3. The molecule has 1 rings (SSSR count). The second-order valence-electron chi connectivity index (χ2n) is 9.80. The highest BCUT2D eigenvalue weighted by Gasteiger charge is 2.40. The van der Waals surface area contributed by atoms with Gasteiger partial charge in [0.2, 0.25) is 11.8 Å². The van der Waals surface area contributed by atoms with E-state index in [0.717, 1.165) is 0 Å². The molecular formula is C26H41N3O7. The van der Waals surface area contributed by atoms with Gasteiger partial charge in [-0.15, -0.1) is 0 Å². The van der Waals surface area contributed by atoms with Crippen LogP contribution in [0.15, 0.2) is 24.3 Å². The molecule has 0 radical (unpaired) electrons. The van der Waals surface area contributed by atoms with Gasteiger partial charge in [0, 0.05) is 6.04 Å². The molecule has 36 heavy (non-hydrogen) atoms. The van der Waals surface area contributed by atoms with E-state index in [1.54, 1.807) is 39.8 Å². The van der Waals surface area contributed by atoms with Crippen molar-refractivity contribution in [2.75, 3.05) is 13.7 Å². The molecule has 0 fully saturated rings. The van der Waals surface area contributed by atoms with E-state index in [9.17, 15) is 24.3 Å². The highest BCUT2D eigenvalue weighted by Crippen LogP contribution is 2.29. The lowest BCUT2D eigenvalue weighted by atomic mass is 9.94. The fourth-order valence-electron chi connectivity index (χ4n) is 3.54. The summed E-state index contributed by atoms with van der Waals surface area (Å²) in [5.74, 6) is -2.12. The Bertz CT molecular complexity index is 913. The molecule has 1 aromatic rings. The number of hydrogen-bond acceptors (Lipinski definition) is 7. The Morgan fingerprint density at radius 3 is 2.22 bits per heavy atom. The van der Waals surface area contributed by atoms with Crippen molar-refractivity contribution in [3.63, 3.8) is 0 Å². The normalized spacial score (nSPS) is 14.6. The Morgan fingerprint density at radius 1 is 1.08 bits per heavy atom. The number of methoxy groups -OCH3 is 1. The molecule has 10 nitrogen and oxygen atoms in total. The first kappa shape index (κ1) is 30.7. The van der Waals surface area contributed by atoms with Crippen LogP contribution < -0.4 is 10.6 Å². The van der Waals surface area contributed by atoms with E-state index in [2.05, 4.69) is 15.4 Å². The number of aromatic hydroxyl groups is 1. The predicted octanol–water partition coefficient (Wildman–Crippen LogP) is 3.29. The Balaban J connectivity index is 3.54. The van der Waals surface area contributed by atoms with Crippen LogP contribution in [-0.2, 0) is 23.9 Å². The minimum absolute atomic E-state index is 0.0832. The third-order valence-corrected chi connectivity index (χ3v) is 5.82. The van der Waals surface area contributed by atoms with Crippen molar-refractivity contribution in [3.05, 3.63) is 29.8 Å². The number of carbonyl (C=O) groups excluding carboxylic acids is 4. The topological polar surface area (TPSA) is 134 Å². The van der Waals surface area contributed by atoms with Crippen LogP contribution in [0.3, 0.4) is 0 Å². The molecule has 0 aliphatic rings. The summed E-state index contributed by atoms with van der Waals surface area (Å²) in [7, 11) is 1.20. The number of nitrogens with zero attached hydrogens (tertiary/aromatic N) is 1. The summed E-state index contributed by atoms with van der Waals surface area (Å²) in [6.45, 7) is 12.2. The predicted molar refractivity (Wildman–Crippen MR) is 135 cm³/mol. The number of carbonyl (C=O) groups is 4. The van der Waals surface area contributed by atoms with Crippen molar-refractivity contribution < 1.29 is 33.8 Å². The standard InChI is InChI=1S/C26H41N3O7/c1-9-16(3)21(28-25(34)36-26(5,6)7)24(33)29(17(4)10-2)22(18-12-11-13-19(30)14-18)23(32)27-15-20(31)35-8/h11-14,16-17,21-22,30H,9-10,15H2,1-8H3,(H,27,32)(H,28,34). The van der Waals surface area contributed by atoms with Crippen LogP contribution in [0.5, 0.6) is 5.75 Å². The van der Waals surface area contributed by atoms with E-state index in [4.69, 9.17) is 4.74 Å². The molecule has 0 saturated heterocycles. The summed E-state index contributed by atoms with van der Waals surface area (Å²) in [6.07, 6.45) is 0.339. The number of rotatable bonds is 11. The first-order chi connectivity index (χ1) is 16.7. The molecule has 0 heterocycles. The third-order valence-electron chi connectivity index (χ3n) is 5.82. The summed E-state index contributed by atoms with van der Waals surface area (Å²) in [6, 6.07) is 3.43. The van der Waals surface area contributed by atoms with Gasteiger partial charge in [0.1, 0.15) is 30.0 Å². The Labute approximate surface area is 213 Å². The zero-order chi connectivity index (χ0) is 27.6. The molecule has 10 heteroatoms. The number of nitrogens with one attached hydrogen (secondary N) is 2. The molecule has 4 atom stereocenters. The summed E-state index contributed by atoms with van der Waals surface area (Å²) >= 11 is 0. The van der Waals surface area contributed by atoms with E-state index in [0.29, 0.717) is 18.4 Å². The van der Waals surface area contributed by atoms with Crippen LogP contribution in [0.2, 0.25) is 0 Å². The first-order valence-electron chi connectivity index (χ1n) is 12.2. The van der Waals surface area contributed by atoms with E-state index in [1.165, 1.54) is 24.1 Å². The van der Waals surface area contributed by atoms with E-state index in [-0.39, 0.29) is 11.7 Å². The van der Waals surface area contributed by atoms with Crippen molar-refractivity contribution in [1.82, 2.24) is 15.5 Å². The number of phenols is 1. The van der Waals surface area contributed by atoms with Gasteiger partial charge in [0.15, 0.2) is 0 Å². The SMILES string of the molecule is CCC(C)C(NC(=O)OC(C)(C)C)C(=O)N(C(C)CC)C(C(=O)NCC(=O)OC)c1cccc(O)c1. The van der Waals surface area contributed by atoms with Gasteiger partial charge in [-0.25, -0.2) is 4.79 Å². The monoisotopic (exact) mass is 507 g/mol. The van der Waals surface area contributed by atoms with Gasteiger partial charge in [-0.1, -0.05) is 39.3 Å². The molecule has 0 aliphatic heterocycles. The lowest BCUT2D eigenvalue weighted by Gasteiger charge is -2.39. The average Bonchev–Trinajstić information content (AvgIpc) is 2.81. The number of phenolic OH excluding ortho intramolecular Hbond substituents is 1. The average molecular weight is 508 g/mol. The molecular weight excluding hydrogens is 466 g/mol. The Morgan fingerprint density at radius 2 is 1.72 bits per heavy atom. The van der Waals surface area contributed by atoms with E-state index in [1.807, 2.05) is 20.8 Å². The minimum atomic E-state index is -1.18. The summed E-state index contributed by atoms with van der Waals surface area (Å²) < 4.78 is 9.99. The molecule has 0 aromatic heterocycles. The summed E-state index contributed by atoms with van der Waals surface area (Å²) in [5, 5.41) is 15.3. The molecule has 0 saturated carbocycles. The Kier molecular flexibility index (Phi) is 11.7. The summed E-state index contributed by atoms with van der Waals surface area (Å²) in [5.41, 5.74) is -0.410. The second kappa shape index (κ2) is 13.7. The molecule has 3 amide bonds. The largest absolute Gasteiger partial charge is 0.508 e. The molecule has 0 spiro atoms. The van der Waals surface area contributed by atoms with E-state index >= 15 is 0 Å². The number of esters is 1.